The smallest absolute Gasteiger partial charge is 0.315 e. The number of aromatic nitrogens is 4. The zero-order valence-corrected chi connectivity index (χ0v) is 46.1. The van der Waals surface area contributed by atoms with Gasteiger partial charge in [0.25, 0.3) is 0 Å². The number of carboxylic acid groups (broad SMARTS) is 2. The van der Waals surface area contributed by atoms with Crippen LogP contribution in [-0.2, 0) is 19.2 Å². The maximum absolute atomic E-state index is 13.8. The van der Waals surface area contributed by atoms with E-state index in [2.05, 4.69) is 44.8 Å². The summed E-state index contributed by atoms with van der Waals surface area (Å²) in [5.74, 6) is -1.11. The maximum atomic E-state index is 13.8. The van der Waals surface area contributed by atoms with Crippen LogP contribution in [0.25, 0.3) is 44.8 Å². The molecule has 6 aromatic rings. The fraction of sp³-hybridized carbons (Fsp3) is 0.459. The average molecular weight is 1100 g/mol. The monoisotopic (exact) mass is 1100 g/mol. The summed E-state index contributed by atoms with van der Waals surface area (Å²) in [6, 6.07) is 24.2. The molecule has 2 aliphatic heterocycles. The minimum absolute atomic E-state index is 0.0670. The molecule has 18 heteroatoms. The zero-order valence-electron chi connectivity index (χ0n) is 44.5. The largest absolute Gasteiger partial charge is 0.481 e. The standard InChI is InChI=1S/C31H36N4O3S.C30H33N5O4S/c36-29(37)18-23(17-21-7-1-2-8-21)30(38)35(24-12-13-24)31-33-27(20-39-31)26-10-4-3-9-25(26)22-11-14-28(32-19-22)34-15-5-6-16-34;36-27(37)14-20(13-18-5-1-2-6-18)28(38)35(21-10-11-21)30-34-26(17-40-30)23-8-4-3-7-22(23)19-9-12-24(31-15-19)25-16-32-29(39)33-25/h3-4,9-11,14,19-21,23-24H,1-2,5-8,12-13,15-18H2,(H,36,37);3-4,7-9,12,15,17-18,20-21,25H,1-2,5-6,10-11,13-14,16H2,(H,36,37)(H2,32,33,39)/t23-;/m1./s1. The molecule has 79 heavy (non-hydrogen) atoms. The van der Waals surface area contributed by atoms with Crippen molar-refractivity contribution in [1.82, 2.24) is 30.6 Å². The topological polar surface area (TPSA) is 211 Å². The van der Waals surface area contributed by atoms with Crippen molar-refractivity contribution in [2.24, 2.45) is 23.7 Å². The summed E-state index contributed by atoms with van der Waals surface area (Å²) in [6.45, 7) is 2.64. The minimum Gasteiger partial charge on any atom is -0.481 e. The van der Waals surface area contributed by atoms with Crippen LogP contribution < -0.4 is 25.3 Å². The molecule has 4 amide bonds. The number of rotatable bonds is 20. The third kappa shape index (κ3) is 13.0. The maximum Gasteiger partial charge on any atom is 0.315 e. The van der Waals surface area contributed by atoms with Crippen molar-refractivity contribution in [1.29, 1.82) is 0 Å². The number of urea groups is 1. The van der Waals surface area contributed by atoms with Gasteiger partial charge in [0.05, 0.1) is 36.0 Å². The molecule has 12 rings (SSSR count). The molecular formula is C61H69N9O7S2. The molecule has 4 N–H and O–H groups in total. The predicted octanol–water partition coefficient (Wildman–Crippen LogP) is 12.0. The molecule has 2 saturated heterocycles. The fourth-order valence-electron chi connectivity index (χ4n) is 12.2. The normalized spacial score (nSPS) is 19.1. The molecule has 2 aromatic carbocycles. The van der Waals surface area contributed by atoms with Gasteiger partial charge in [-0.1, -0.05) is 106 Å². The van der Waals surface area contributed by atoms with E-state index < -0.39 is 23.8 Å². The van der Waals surface area contributed by atoms with Crippen LogP contribution in [0.1, 0.15) is 127 Å². The van der Waals surface area contributed by atoms with E-state index in [-0.39, 0.29) is 48.8 Å². The number of amides is 4. The Hall–Kier alpha value is -7.05. The summed E-state index contributed by atoms with van der Waals surface area (Å²) in [4.78, 5) is 87.8. The van der Waals surface area contributed by atoms with Crippen molar-refractivity contribution in [2.45, 2.75) is 134 Å². The first-order chi connectivity index (χ1) is 38.5. The van der Waals surface area contributed by atoms with Crippen LogP contribution in [-0.4, -0.2) is 91.7 Å². The SMILES string of the molecule is O=C(O)CC(CC1CCCC1)C(=O)N(c1nc(-c2ccccc2-c2ccc(C3CNC(=O)N3)nc2)cs1)C1CC1.O=C(O)C[C@@H](CC1CCCC1)C(=O)N(c1nc(-c2ccccc2-c2ccc(N3CCCC3)nc2)cs1)C1CC1. The van der Waals surface area contributed by atoms with Crippen molar-refractivity contribution in [3.05, 3.63) is 102 Å². The molecule has 0 spiro atoms. The third-order valence-corrected chi connectivity index (χ3v) is 18.2. The number of hydrogen-bond donors (Lipinski definition) is 4. The number of hydrogen-bond acceptors (Lipinski definition) is 12. The van der Waals surface area contributed by atoms with E-state index >= 15 is 0 Å². The Kier molecular flexibility index (Phi) is 16.7. The van der Waals surface area contributed by atoms with E-state index in [1.54, 1.807) is 4.90 Å². The van der Waals surface area contributed by atoms with Crippen LogP contribution in [0, 0.1) is 23.7 Å². The zero-order chi connectivity index (χ0) is 54.4. The number of carbonyl (C=O) groups is 5. The number of pyridine rings is 2. The van der Waals surface area contributed by atoms with Crippen LogP contribution in [0.2, 0.25) is 0 Å². The second-order valence-corrected chi connectivity index (χ2v) is 24.0. The Morgan fingerprint density at radius 3 is 1.47 bits per heavy atom. The number of benzene rings is 2. The van der Waals surface area contributed by atoms with Crippen LogP contribution in [0.3, 0.4) is 0 Å². The lowest BCUT2D eigenvalue weighted by molar-refractivity contribution is -0.141. The van der Waals surface area contributed by atoms with Gasteiger partial charge < -0.3 is 25.7 Å². The Bertz CT molecular complexity index is 3120. The van der Waals surface area contributed by atoms with Crippen LogP contribution >= 0.6 is 22.7 Å². The Labute approximate surface area is 469 Å². The van der Waals surface area contributed by atoms with E-state index in [0.29, 0.717) is 41.5 Å². The van der Waals surface area contributed by atoms with Gasteiger partial charge in [0.15, 0.2) is 10.3 Å². The number of thiazole rings is 2. The van der Waals surface area contributed by atoms with Gasteiger partial charge >= 0.3 is 18.0 Å². The first-order valence-electron chi connectivity index (χ1n) is 28.4. The van der Waals surface area contributed by atoms with E-state index in [0.717, 1.165) is 134 Å². The molecule has 16 nitrogen and oxygen atoms in total. The molecule has 3 atom stereocenters. The van der Waals surface area contributed by atoms with E-state index in [4.69, 9.17) is 15.0 Å². The van der Waals surface area contributed by atoms with Gasteiger partial charge in [-0.25, -0.2) is 19.7 Å². The molecule has 4 aromatic heterocycles. The lowest BCUT2D eigenvalue weighted by Gasteiger charge is -2.26. The summed E-state index contributed by atoms with van der Waals surface area (Å²) in [7, 11) is 0. The lowest BCUT2D eigenvalue weighted by atomic mass is 9.90. The average Bonchev–Trinajstić information content (AvgIpc) is 3.93. The second kappa shape index (κ2) is 24.5. The highest BCUT2D eigenvalue weighted by atomic mass is 32.1. The van der Waals surface area contributed by atoms with Crippen LogP contribution in [0.15, 0.2) is 96.0 Å². The van der Waals surface area contributed by atoms with Crippen molar-refractivity contribution >= 4 is 68.5 Å². The Morgan fingerprint density at radius 2 is 1.06 bits per heavy atom. The molecule has 6 fully saturated rings. The predicted molar refractivity (Wildman–Crippen MR) is 308 cm³/mol. The molecule has 6 heterocycles. The lowest BCUT2D eigenvalue weighted by Crippen LogP contribution is -2.39. The number of nitrogens with one attached hydrogen (secondary N) is 2. The molecule has 0 bridgehead atoms. The van der Waals surface area contributed by atoms with Gasteiger partial charge in [-0.05, 0) is 92.5 Å². The van der Waals surface area contributed by atoms with Gasteiger partial charge in [-0.2, -0.15) is 0 Å². The van der Waals surface area contributed by atoms with Crippen molar-refractivity contribution < 1.29 is 34.2 Å². The van der Waals surface area contributed by atoms with E-state index in [9.17, 15) is 34.2 Å². The van der Waals surface area contributed by atoms with E-state index in [1.165, 1.54) is 48.4 Å². The van der Waals surface area contributed by atoms with Crippen molar-refractivity contribution in [2.75, 3.05) is 34.3 Å². The molecule has 412 valence electrons. The van der Waals surface area contributed by atoms with Crippen LogP contribution in [0.5, 0.6) is 0 Å². The Morgan fingerprint density at radius 1 is 0.595 bits per heavy atom. The van der Waals surface area contributed by atoms with Crippen molar-refractivity contribution in [3.63, 3.8) is 0 Å². The quantitative estimate of drug-likeness (QED) is 0.0562. The number of carboxylic acids is 2. The molecule has 6 aliphatic rings. The number of nitrogens with zero attached hydrogens (tertiary/aromatic N) is 7. The highest BCUT2D eigenvalue weighted by Gasteiger charge is 2.42. The van der Waals surface area contributed by atoms with E-state index in [1.807, 2.05) is 76.6 Å². The second-order valence-electron chi connectivity index (χ2n) is 22.3. The summed E-state index contributed by atoms with van der Waals surface area (Å²) < 4.78 is 0. The third-order valence-electron chi connectivity index (χ3n) is 16.5. The number of aliphatic carboxylic acids is 2. The Balaban J connectivity index is 0.000000167. The van der Waals surface area contributed by atoms with Crippen molar-refractivity contribution in [3.8, 4) is 44.8 Å². The van der Waals surface area contributed by atoms with Gasteiger partial charge in [0, 0.05) is 89.0 Å². The molecule has 4 saturated carbocycles. The highest BCUT2D eigenvalue weighted by Crippen LogP contribution is 2.43. The molecule has 4 aliphatic carbocycles. The number of carbonyl (C=O) groups excluding carboxylic acids is 3. The molecule has 2 unspecified atom stereocenters. The van der Waals surface area contributed by atoms with Gasteiger partial charge in [0.2, 0.25) is 11.8 Å². The first kappa shape index (κ1) is 53.9. The summed E-state index contributed by atoms with van der Waals surface area (Å²) >= 11 is 2.91. The van der Waals surface area contributed by atoms with Crippen LogP contribution in [0.4, 0.5) is 20.9 Å². The van der Waals surface area contributed by atoms with Gasteiger partial charge in [-0.15, -0.1) is 22.7 Å². The number of anilines is 3. The summed E-state index contributed by atoms with van der Waals surface area (Å²) in [5, 5.41) is 30.1. The van der Waals surface area contributed by atoms with Gasteiger partial charge in [0.1, 0.15) is 5.82 Å². The molecular weight excluding hydrogens is 1030 g/mol. The van der Waals surface area contributed by atoms with Gasteiger partial charge in [-0.3, -0.25) is 34.0 Å². The molecule has 0 radical (unpaired) electrons. The first-order valence-corrected chi connectivity index (χ1v) is 30.2. The summed E-state index contributed by atoms with van der Waals surface area (Å²) in [5.41, 5.74) is 8.34. The summed E-state index contributed by atoms with van der Waals surface area (Å²) in [6.07, 6.45) is 20.0. The fourth-order valence-corrected chi connectivity index (χ4v) is 14.0. The highest BCUT2D eigenvalue weighted by molar-refractivity contribution is 7.14. The minimum atomic E-state index is -0.924.